The molecule has 0 aliphatic heterocycles. The minimum Gasteiger partial charge on any atom is -0.383 e. The zero-order valence-electron chi connectivity index (χ0n) is 15.7. The molecule has 28 heavy (non-hydrogen) atoms. The molecule has 0 saturated heterocycles. The Balaban J connectivity index is 1.54. The Morgan fingerprint density at radius 1 is 1.14 bits per heavy atom. The van der Waals surface area contributed by atoms with Crippen LogP contribution < -0.4 is 5.32 Å². The summed E-state index contributed by atoms with van der Waals surface area (Å²) in [5, 5.41) is 8.31. The number of anilines is 1. The van der Waals surface area contributed by atoms with Gasteiger partial charge in [0.25, 0.3) is 0 Å². The van der Waals surface area contributed by atoms with Gasteiger partial charge in [-0.25, -0.2) is 0 Å². The Morgan fingerprint density at radius 2 is 2.00 bits per heavy atom. The van der Waals surface area contributed by atoms with Crippen molar-refractivity contribution in [1.29, 1.82) is 0 Å². The Bertz CT molecular complexity index is 1000. The smallest absolute Gasteiger partial charge is 0.226 e. The molecule has 0 fully saturated rings. The number of hydrogen-bond donors (Lipinski definition) is 1. The van der Waals surface area contributed by atoms with Crippen LogP contribution >= 0.6 is 11.3 Å². The Morgan fingerprint density at radius 3 is 2.75 bits per heavy atom. The molecule has 5 nitrogen and oxygen atoms in total. The van der Waals surface area contributed by atoms with Gasteiger partial charge in [0.2, 0.25) is 5.91 Å². The van der Waals surface area contributed by atoms with Crippen LogP contribution in [0.1, 0.15) is 18.0 Å². The Kier molecular flexibility index (Phi) is 5.60. The predicted octanol–water partition coefficient (Wildman–Crippen LogP) is 4.77. The van der Waals surface area contributed by atoms with Gasteiger partial charge in [0.1, 0.15) is 0 Å². The van der Waals surface area contributed by atoms with Crippen LogP contribution in [0, 0.1) is 0 Å². The molecule has 6 heteroatoms. The maximum absolute atomic E-state index is 12.9. The number of nitrogens with one attached hydrogen (secondary N) is 1. The van der Waals surface area contributed by atoms with Crippen LogP contribution in [0.25, 0.3) is 10.9 Å². The van der Waals surface area contributed by atoms with Crippen molar-refractivity contribution < 1.29 is 9.53 Å². The average molecular weight is 394 g/mol. The average Bonchev–Trinajstić information content (AvgIpc) is 3.47. The quantitative estimate of drug-likeness (QED) is 0.469. The monoisotopic (exact) mass is 393 g/mol. The van der Waals surface area contributed by atoms with Crippen molar-refractivity contribution >= 4 is 33.8 Å². The minimum absolute atomic E-state index is 0.00189. The zero-order chi connectivity index (χ0) is 19.3. The number of carbonyl (C=O) groups is 1. The van der Waals surface area contributed by atoms with Gasteiger partial charge in [-0.15, -0.1) is 0 Å². The number of hydrogen-bond acceptors (Lipinski definition) is 3. The fourth-order valence-corrected chi connectivity index (χ4v) is 4.22. The molecule has 3 aromatic heterocycles. The summed E-state index contributed by atoms with van der Waals surface area (Å²) >= 11 is 1.65. The van der Waals surface area contributed by atoms with Crippen molar-refractivity contribution in [3.63, 3.8) is 0 Å². The summed E-state index contributed by atoms with van der Waals surface area (Å²) in [6.45, 7) is 1.44. The summed E-state index contributed by atoms with van der Waals surface area (Å²) < 4.78 is 9.41. The SMILES string of the molecule is COCCn1ccc2c(NC(=O)C[C@H](c3ccsc3)n3cccc3)cccc21. The molecule has 1 amide bonds. The fraction of sp³-hybridized carbons (Fsp3) is 0.227. The predicted molar refractivity (Wildman–Crippen MR) is 114 cm³/mol. The van der Waals surface area contributed by atoms with Crippen molar-refractivity contribution in [2.45, 2.75) is 19.0 Å². The van der Waals surface area contributed by atoms with Gasteiger partial charge < -0.3 is 19.2 Å². The number of fused-ring (bicyclic) bond motifs is 1. The van der Waals surface area contributed by atoms with Gasteiger partial charge in [-0.1, -0.05) is 6.07 Å². The van der Waals surface area contributed by atoms with Gasteiger partial charge in [0.05, 0.1) is 30.3 Å². The van der Waals surface area contributed by atoms with Gasteiger partial charge in [-0.3, -0.25) is 4.79 Å². The van der Waals surface area contributed by atoms with Crippen molar-refractivity contribution in [2.75, 3.05) is 19.0 Å². The Hall–Kier alpha value is -2.83. The highest BCUT2D eigenvalue weighted by molar-refractivity contribution is 7.08. The summed E-state index contributed by atoms with van der Waals surface area (Å²) in [7, 11) is 1.70. The molecular formula is C22H23N3O2S. The van der Waals surface area contributed by atoms with Gasteiger partial charge in [-0.2, -0.15) is 11.3 Å². The maximum Gasteiger partial charge on any atom is 0.226 e. The third-order valence-corrected chi connectivity index (χ3v) is 5.62. The van der Waals surface area contributed by atoms with Gasteiger partial charge in [0, 0.05) is 37.6 Å². The lowest BCUT2D eigenvalue weighted by Crippen LogP contribution is -2.19. The second-order valence-corrected chi connectivity index (χ2v) is 7.48. The molecule has 3 heterocycles. The largest absolute Gasteiger partial charge is 0.383 e. The first-order valence-corrected chi connectivity index (χ1v) is 10.2. The number of benzene rings is 1. The molecule has 4 aromatic rings. The first kappa shape index (κ1) is 18.5. The van der Waals surface area contributed by atoms with E-state index in [1.807, 2.05) is 54.3 Å². The van der Waals surface area contributed by atoms with Gasteiger partial charge in [0.15, 0.2) is 0 Å². The van der Waals surface area contributed by atoms with Crippen LogP contribution in [0.3, 0.4) is 0 Å². The van der Waals surface area contributed by atoms with Gasteiger partial charge >= 0.3 is 0 Å². The van der Waals surface area contributed by atoms with E-state index < -0.39 is 0 Å². The third kappa shape index (κ3) is 3.88. The Labute approximate surface area is 168 Å². The van der Waals surface area contributed by atoms with Crippen LogP contribution in [0.15, 0.2) is 71.8 Å². The molecule has 0 aliphatic rings. The lowest BCUT2D eigenvalue weighted by molar-refractivity contribution is -0.116. The number of amides is 1. The van der Waals surface area contributed by atoms with E-state index in [-0.39, 0.29) is 11.9 Å². The van der Waals surface area contributed by atoms with Crippen LogP contribution in [0.5, 0.6) is 0 Å². The van der Waals surface area contributed by atoms with E-state index in [9.17, 15) is 4.79 Å². The summed E-state index contributed by atoms with van der Waals surface area (Å²) in [6.07, 6.45) is 6.43. The highest BCUT2D eigenvalue weighted by atomic mass is 32.1. The van der Waals surface area contributed by atoms with Crippen molar-refractivity contribution in [3.05, 3.63) is 77.4 Å². The third-order valence-electron chi connectivity index (χ3n) is 4.92. The number of rotatable bonds is 8. The summed E-state index contributed by atoms with van der Waals surface area (Å²) in [5.74, 6) is 0.00189. The molecule has 0 spiro atoms. The molecule has 144 valence electrons. The first-order valence-electron chi connectivity index (χ1n) is 9.27. The molecule has 1 atom stereocenters. The normalized spacial score (nSPS) is 12.3. The van der Waals surface area contributed by atoms with Crippen molar-refractivity contribution in [1.82, 2.24) is 9.13 Å². The molecule has 0 unspecified atom stereocenters. The van der Waals surface area contributed by atoms with Crippen LogP contribution in [0.2, 0.25) is 0 Å². The molecule has 0 saturated carbocycles. The lowest BCUT2D eigenvalue weighted by Gasteiger charge is -2.18. The van der Waals surface area contributed by atoms with E-state index in [0.717, 1.165) is 28.7 Å². The molecule has 1 N–H and O–H groups in total. The fourth-order valence-electron chi connectivity index (χ4n) is 3.51. The molecule has 4 rings (SSSR count). The van der Waals surface area contributed by atoms with E-state index in [1.54, 1.807) is 18.4 Å². The summed E-state index contributed by atoms with van der Waals surface area (Å²) in [5.41, 5.74) is 3.09. The molecule has 1 aromatic carbocycles. The second kappa shape index (κ2) is 8.46. The standard InChI is InChI=1S/C22H23N3O2S/c1-27-13-12-25-11-7-18-19(5-4-6-20(18)25)23-22(26)15-21(17-8-14-28-16-17)24-9-2-3-10-24/h2-11,14,16,21H,12-13,15H2,1H3,(H,23,26)/t21-/m1/s1. The van der Waals surface area contributed by atoms with E-state index in [1.165, 1.54) is 0 Å². The van der Waals surface area contributed by atoms with Crippen molar-refractivity contribution in [2.24, 2.45) is 0 Å². The topological polar surface area (TPSA) is 48.2 Å². The van der Waals surface area contributed by atoms with Gasteiger partial charge in [-0.05, 0) is 52.7 Å². The molecule has 0 bridgehead atoms. The van der Waals surface area contributed by atoms with E-state index >= 15 is 0 Å². The highest BCUT2D eigenvalue weighted by Crippen LogP contribution is 2.28. The highest BCUT2D eigenvalue weighted by Gasteiger charge is 2.18. The summed E-state index contributed by atoms with van der Waals surface area (Å²) in [6, 6.07) is 14.1. The van der Waals surface area contributed by atoms with E-state index in [0.29, 0.717) is 13.0 Å². The van der Waals surface area contributed by atoms with Crippen LogP contribution in [-0.2, 0) is 16.1 Å². The minimum atomic E-state index is -0.00763. The maximum atomic E-state index is 12.9. The molecule has 0 aliphatic carbocycles. The van der Waals surface area contributed by atoms with E-state index in [2.05, 4.69) is 32.0 Å². The number of methoxy groups -OCH3 is 1. The molecular weight excluding hydrogens is 370 g/mol. The summed E-state index contributed by atoms with van der Waals surface area (Å²) in [4.78, 5) is 12.9. The number of thiophene rings is 1. The second-order valence-electron chi connectivity index (χ2n) is 6.70. The number of ether oxygens (including phenoxy) is 1. The first-order chi connectivity index (χ1) is 13.8. The van der Waals surface area contributed by atoms with Crippen molar-refractivity contribution in [3.8, 4) is 0 Å². The zero-order valence-corrected chi connectivity index (χ0v) is 16.6. The van der Waals surface area contributed by atoms with Crippen LogP contribution in [0.4, 0.5) is 5.69 Å². The molecule has 0 radical (unpaired) electrons. The lowest BCUT2D eigenvalue weighted by atomic mass is 10.1. The number of carbonyl (C=O) groups excluding carboxylic acids is 1. The van der Waals surface area contributed by atoms with E-state index in [4.69, 9.17) is 4.74 Å². The number of nitrogens with zero attached hydrogens (tertiary/aromatic N) is 2. The van der Waals surface area contributed by atoms with Crippen LogP contribution in [-0.4, -0.2) is 28.8 Å². The number of aromatic nitrogens is 2.